The summed E-state index contributed by atoms with van der Waals surface area (Å²) < 4.78 is 0. The number of rotatable bonds is 5. The highest BCUT2D eigenvalue weighted by molar-refractivity contribution is 6.07. The summed E-state index contributed by atoms with van der Waals surface area (Å²) in [5, 5.41) is 5.81. The minimum Gasteiger partial charge on any atom is -0.326 e. The molecule has 0 unspecified atom stereocenters. The molecule has 0 spiro atoms. The Kier molecular flexibility index (Phi) is 6.50. The van der Waals surface area contributed by atoms with Crippen molar-refractivity contribution in [2.24, 2.45) is 5.92 Å². The third-order valence-electron chi connectivity index (χ3n) is 6.17. The van der Waals surface area contributed by atoms with E-state index in [4.69, 9.17) is 0 Å². The number of nitrogens with zero attached hydrogens (tertiary/aromatic N) is 1. The van der Waals surface area contributed by atoms with Crippen molar-refractivity contribution in [2.45, 2.75) is 34.1 Å². The maximum absolute atomic E-state index is 12.9. The SMILES string of the molecule is Cc1ccc(NC(=O)c2cccc(NC(=O)[C@H]3CC(=O)N(c4cc(C)ccc4C)C3)c2)c(C)c1. The second kappa shape index (κ2) is 9.51. The molecule has 6 heteroatoms. The van der Waals surface area contributed by atoms with Gasteiger partial charge in [-0.3, -0.25) is 14.4 Å². The van der Waals surface area contributed by atoms with Gasteiger partial charge in [-0.2, -0.15) is 0 Å². The van der Waals surface area contributed by atoms with Gasteiger partial charge in [0.15, 0.2) is 0 Å². The quantitative estimate of drug-likeness (QED) is 0.558. The van der Waals surface area contributed by atoms with E-state index in [-0.39, 0.29) is 24.1 Å². The van der Waals surface area contributed by atoms with Crippen LogP contribution in [0, 0.1) is 33.6 Å². The number of carbonyl (C=O) groups is 3. The van der Waals surface area contributed by atoms with Crippen molar-refractivity contribution in [1.29, 1.82) is 0 Å². The predicted octanol–water partition coefficient (Wildman–Crippen LogP) is 5.16. The van der Waals surface area contributed by atoms with E-state index < -0.39 is 5.92 Å². The molecule has 2 N–H and O–H groups in total. The van der Waals surface area contributed by atoms with E-state index in [0.29, 0.717) is 17.8 Å². The molecule has 3 aromatic carbocycles. The van der Waals surface area contributed by atoms with Crippen LogP contribution in [0.3, 0.4) is 0 Å². The Morgan fingerprint density at radius 1 is 0.853 bits per heavy atom. The fourth-order valence-corrected chi connectivity index (χ4v) is 4.26. The molecular weight excluding hydrogens is 426 g/mol. The molecule has 1 atom stereocenters. The van der Waals surface area contributed by atoms with Gasteiger partial charge >= 0.3 is 0 Å². The fourth-order valence-electron chi connectivity index (χ4n) is 4.26. The van der Waals surface area contributed by atoms with Crippen molar-refractivity contribution in [1.82, 2.24) is 0 Å². The van der Waals surface area contributed by atoms with Crippen LogP contribution < -0.4 is 15.5 Å². The smallest absolute Gasteiger partial charge is 0.255 e. The van der Waals surface area contributed by atoms with E-state index in [9.17, 15) is 14.4 Å². The first-order chi connectivity index (χ1) is 16.2. The van der Waals surface area contributed by atoms with Crippen molar-refractivity contribution in [3.8, 4) is 0 Å². The summed E-state index contributed by atoms with van der Waals surface area (Å²) in [6, 6.07) is 18.6. The Labute approximate surface area is 200 Å². The minimum absolute atomic E-state index is 0.0598. The highest BCUT2D eigenvalue weighted by atomic mass is 16.2. The van der Waals surface area contributed by atoms with Gasteiger partial charge in [0.2, 0.25) is 11.8 Å². The largest absolute Gasteiger partial charge is 0.326 e. The molecule has 1 aliphatic rings. The maximum atomic E-state index is 12.9. The van der Waals surface area contributed by atoms with Gasteiger partial charge in [-0.25, -0.2) is 0 Å². The van der Waals surface area contributed by atoms with Gasteiger partial charge in [0.1, 0.15) is 0 Å². The number of anilines is 3. The molecular formula is C28H29N3O3. The average Bonchev–Trinajstić information content (AvgIpc) is 3.19. The Balaban J connectivity index is 1.43. The van der Waals surface area contributed by atoms with Crippen molar-refractivity contribution in [3.05, 3.63) is 88.5 Å². The molecule has 0 aliphatic carbocycles. The zero-order chi connectivity index (χ0) is 24.4. The number of carbonyl (C=O) groups excluding carboxylic acids is 3. The second-order valence-corrected chi connectivity index (χ2v) is 9.04. The van der Waals surface area contributed by atoms with Crippen LogP contribution in [0.1, 0.15) is 39.0 Å². The Morgan fingerprint density at radius 3 is 2.35 bits per heavy atom. The third-order valence-corrected chi connectivity index (χ3v) is 6.17. The minimum atomic E-state index is -0.458. The Bertz CT molecular complexity index is 1280. The average molecular weight is 456 g/mol. The summed E-state index contributed by atoms with van der Waals surface area (Å²) >= 11 is 0. The number of benzene rings is 3. The van der Waals surface area contributed by atoms with Gasteiger partial charge in [-0.1, -0.05) is 35.9 Å². The summed E-state index contributed by atoms with van der Waals surface area (Å²) in [6.45, 7) is 8.23. The summed E-state index contributed by atoms with van der Waals surface area (Å²) in [5.74, 6) is -0.996. The van der Waals surface area contributed by atoms with E-state index in [1.54, 1.807) is 29.2 Å². The van der Waals surface area contributed by atoms with Crippen LogP contribution in [0.25, 0.3) is 0 Å². The fraction of sp³-hybridized carbons (Fsp3) is 0.250. The summed E-state index contributed by atoms with van der Waals surface area (Å²) in [5.41, 5.74) is 6.75. The lowest BCUT2D eigenvalue weighted by Gasteiger charge is -2.19. The molecule has 34 heavy (non-hydrogen) atoms. The molecule has 174 valence electrons. The van der Waals surface area contributed by atoms with E-state index in [0.717, 1.165) is 33.6 Å². The third kappa shape index (κ3) is 5.01. The molecule has 0 radical (unpaired) electrons. The molecule has 0 saturated carbocycles. The Morgan fingerprint density at radius 2 is 1.59 bits per heavy atom. The lowest BCUT2D eigenvalue weighted by atomic mass is 10.1. The first-order valence-corrected chi connectivity index (χ1v) is 11.4. The number of hydrogen-bond acceptors (Lipinski definition) is 3. The van der Waals surface area contributed by atoms with Crippen molar-refractivity contribution < 1.29 is 14.4 Å². The van der Waals surface area contributed by atoms with Crippen molar-refractivity contribution in [3.63, 3.8) is 0 Å². The zero-order valence-electron chi connectivity index (χ0n) is 19.9. The molecule has 0 aromatic heterocycles. The topological polar surface area (TPSA) is 78.5 Å². The summed E-state index contributed by atoms with van der Waals surface area (Å²) in [7, 11) is 0. The first-order valence-electron chi connectivity index (χ1n) is 11.4. The van der Waals surface area contributed by atoms with Crippen LogP contribution in [-0.2, 0) is 9.59 Å². The molecule has 1 fully saturated rings. The van der Waals surface area contributed by atoms with Gasteiger partial charge in [0.05, 0.1) is 5.92 Å². The monoisotopic (exact) mass is 455 g/mol. The molecule has 1 heterocycles. The molecule has 3 amide bonds. The van der Waals surface area contributed by atoms with Crippen LogP contribution in [0.2, 0.25) is 0 Å². The maximum Gasteiger partial charge on any atom is 0.255 e. The second-order valence-electron chi connectivity index (χ2n) is 9.04. The van der Waals surface area contributed by atoms with E-state index in [1.807, 2.05) is 64.1 Å². The number of hydrogen-bond donors (Lipinski definition) is 2. The molecule has 1 aliphatic heterocycles. The lowest BCUT2D eigenvalue weighted by Crippen LogP contribution is -2.28. The van der Waals surface area contributed by atoms with E-state index in [2.05, 4.69) is 10.6 Å². The normalized spacial score (nSPS) is 15.4. The van der Waals surface area contributed by atoms with Gasteiger partial charge in [0, 0.05) is 35.6 Å². The number of amides is 3. The van der Waals surface area contributed by atoms with Crippen LogP contribution in [-0.4, -0.2) is 24.3 Å². The molecule has 3 aromatic rings. The van der Waals surface area contributed by atoms with Gasteiger partial charge in [0.25, 0.3) is 5.91 Å². The van der Waals surface area contributed by atoms with Gasteiger partial charge < -0.3 is 15.5 Å². The van der Waals surface area contributed by atoms with E-state index in [1.165, 1.54) is 0 Å². The number of aryl methyl sites for hydroxylation is 4. The highest BCUT2D eigenvalue weighted by Gasteiger charge is 2.35. The first kappa shape index (κ1) is 23.2. The van der Waals surface area contributed by atoms with Crippen LogP contribution in [0.4, 0.5) is 17.1 Å². The molecule has 4 rings (SSSR count). The zero-order valence-corrected chi connectivity index (χ0v) is 19.9. The van der Waals surface area contributed by atoms with E-state index >= 15 is 0 Å². The standard InChI is InChI=1S/C28H29N3O3/c1-17-9-11-24(20(4)12-17)30-27(33)21-6-5-7-23(14-21)29-28(34)22-15-26(32)31(16-22)25-13-18(2)8-10-19(25)3/h5-14,22H,15-16H2,1-4H3,(H,29,34)(H,30,33)/t22-/m0/s1. The van der Waals surface area contributed by atoms with Crippen LogP contribution in [0.5, 0.6) is 0 Å². The van der Waals surface area contributed by atoms with Crippen LogP contribution >= 0.6 is 0 Å². The number of nitrogens with one attached hydrogen (secondary N) is 2. The predicted molar refractivity (Wildman–Crippen MR) is 135 cm³/mol. The van der Waals surface area contributed by atoms with Gasteiger partial charge in [-0.05, 0) is 74.7 Å². The van der Waals surface area contributed by atoms with Crippen molar-refractivity contribution in [2.75, 3.05) is 22.1 Å². The summed E-state index contributed by atoms with van der Waals surface area (Å²) in [4.78, 5) is 40.1. The molecule has 1 saturated heterocycles. The molecule has 0 bridgehead atoms. The Hall–Kier alpha value is -3.93. The molecule has 6 nitrogen and oxygen atoms in total. The van der Waals surface area contributed by atoms with Crippen molar-refractivity contribution >= 4 is 34.8 Å². The lowest BCUT2D eigenvalue weighted by molar-refractivity contribution is -0.122. The highest BCUT2D eigenvalue weighted by Crippen LogP contribution is 2.29. The summed E-state index contributed by atoms with van der Waals surface area (Å²) in [6.07, 6.45) is 0.159. The van der Waals surface area contributed by atoms with Gasteiger partial charge in [-0.15, -0.1) is 0 Å². The van der Waals surface area contributed by atoms with Crippen LogP contribution in [0.15, 0.2) is 60.7 Å².